The van der Waals surface area contributed by atoms with E-state index in [1.807, 2.05) is 24.3 Å². The number of nitrogens with one attached hydrogen (secondary N) is 4. The summed E-state index contributed by atoms with van der Waals surface area (Å²) in [6.07, 6.45) is -0.785. The van der Waals surface area contributed by atoms with Gasteiger partial charge in [0.05, 0.1) is 12.3 Å². The van der Waals surface area contributed by atoms with E-state index in [0.29, 0.717) is 5.02 Å². The molecule has 2 aliphatic heterocycles. The van der Waals surface area contributed by atoms with Crippen LogP contribution < -0.4 is 27.0 Å². The van der Waals surface area contributed by atoms with Gasteiger partial charge in [-0.2, -0.15) is 0 Å². The summed E-state index contributed by atoms with van der Waals surface area (Å²) in [5.41, 5.74) is 6.68. The van der Waals surface area contributed by atoms with Crippen molar-refractivity contribution in [2.45, 2.75) is 24.7 Å². The van der Waals surface area contributed by atoms with Crippen LogP contribution in [0.3, 0.4) is 0 Å². The molecule has 0 saturated carbocycles. The molecule has 3 rings (SSSR count). The minimum absolute atomic E-state index is 0.0965. The molecule has 2 heterocycles. The Morgan fingerprint density at radius 1 is 1.11 bits per heavy atom. The van der Waals surface area contributed by atoms with E-state index >= 15 is 0 Å². The summed E-state index contributed by atoms with van der Waals surface area (Å²) in [6, 6.07) is 7.15. The highest BCUT2D eigenvalue weighted by Gasteiger charge is 2.42. The summed E-state index contributed by atoms with van der Waals surface area (Å²) in [4.78, 5) is 11.8. The maximum atomic E-state index is 11.8. The molecule has 2 fully saturated rings. The molecule has 0 aromatic heterocycles. The molecule has 0 radical (unpaired) electrons. The minimum atomic E-state index is -0.517. The monoisotopic (exact) mass is 267 g/mol. The van der Waals surface area contributed by atoms with Crippen LogP contribution in [-0.4, -0.2) is 24.4 Å². The van der Waals surface area contributed by atoms with E-state index in [9.17, 15) is 4.79 Å². The number of hydrogen-bond donors (Lipinski definition) is 5. The van der Waals surface area contributed by atoms with E-state index in [2.05, 4.69) is 21.3 Å². The maximum absolute atomic E-state index is 11.8. The normalized spacial score (nSPS) is 35.1. The molecule has 1 amide bonds. The van der Waals surface area contributed by atoms with Gasteiger partial charge >= 0.3 is 0 Å². The van der Waals surface area contributed by atoms with Gasteiger partial charge < -0.3 is 5.32 Å². The van der Waals surface area contributed by atoms with Gasteiger partial charge in [-0.3, -0.25) is 26.5 Å². The number of halogens is 1. The Bertz CT molecular complexity index is 465. The molecule has 18 heavy (non-hydrogen) atoms. The van der Waals surface area contributed by atoms with Crippen molar-refractivity contribution in [2.75, 3.05) is 0 Å². The zero-order chi connectivity index (χ0) is 12.7. The number of nitrogens with two attached hydrogens (primary N) is 1. The lowest BCUT2D eigenvalue weighted by atomic mass is 10.2. The van der Waals surface area contributed by atoms with Crippen LogP contribution in [0.25, 0.3) is 0 Å². The first kappa shape index (κ1) is 11.9. The minimum Gasteiger partial charge on any atom is -0.327 e. The van der Waals surface area contributed by atoms with Crippen LogP contribution in [0.15, 0.2) is 24.3 Å². The summed E-state index contributed by atoms with van der Waals surface area (Å²) in [5.74, 6) is -0.102. The largest absolute Gasteiger partial charge is 0.327 e. The first-order chi connectivity index (χ1) is 8.63. The van der Waals surface area contributed by atoms with Crippen LogP contribution >= 0.6 is 11.6 Å². The molecular formula is C11H14ClN5O. The van der Waals surface area contributed by atoms with Crippen LogP contribution in [0, 0.1) is 0 Å². The van der Waals surface area contributed by atoms with Gasteiger partial charge in [0.2, 0.25) is 5.91 Å². The van der Waals surface area contributed by atoms with E-state index in [0.717, 1.165) is 5.56 Å². The average Bonchev–Trinajstić information content (AvgIpc) is 2.74. The lowest BCUT2D eigenvalue weighted by molar-refractivity contribution is -0.126. The summed E-state index contributed by atoms with van der Waals surface area (Å²) in [6.45, 7) is 0. The molecule has 1 aromatic rings. The standard InChI is InChI=1S/C11H14ClN5O/c12-6-3-1-5(2-4-6)8-14-7-9(15-8)16-11(13)17-10(7)18/h1-4,7-9,11,14-16H,13H2,(H,17,18). The molecule has 1 aromatic carbocycles. The molecule has 6 N–H and O–H groups in total. The highest BCUT2D eigenvalue weighted by atomic mass is 35.5. The van der Waals surface area contributed by atoms with Crippen LogP contribution in [0.4, 0.5) is 0 Å². The van der Waals surface area contributed by atoms with E-state index in [1.165, 1.54) is 0 Å². The number of rotatable bonds is 1. The Hall–Kier alpha value is -1.18. The van der Waals surface area contributed by atoms with Crippen molar-refractivity contribution < 1.29 is 4.79 Å². The van der Waals surface area contributed by atoms with Gasteiger partial charge in [-0.25, -0.2) is 0 Å². The number of benzene rings is 1. The molecule has 0 bridgehead atoms. The SMILES string of the molecule is NC1NC(=O)C2NC(c3ccc(Cl)cc3)NC2N1. The number of fused-ring (bicyclic) bond motifs is 1. The third kappa shape index (κ3) is 2.09. The van der Waals surface area contributed by atoms with Crippen LogP contribution in [0.5, 0.6) is 0 Å². The topological polar surface area (TPSA) is 91.2 Å². The lowest BCUT2D eigenvalue weighted by Crippen LogP contribution is -2.69. The Labute approximate surface area is 109 Å². The summed E-state index contributed by atoms with van der Waals surface area (Å²) < 4.78 is 0. The number of amides is 1. The van der Waals surface area contributed by atoms with Crippen molar-refractivity contribution in [3.63, 3.8) is 0 Å². The molecule has 2 saturated heterocycles. The predicted molar refractivity (Wildman–Crippen MR) is 67.3 cm³/mol. The van der Waals surface area contributed by atoms with Gasteiger partial charge in [0.15, 0.2) is 0 Å². The van der Waals surface area contributed by atoms with Crippen molar-refractivity contribution >= 4 is 17.5 Å². The second kappa shape index (κ2) is 4.49. The molecule has 2 aliphatic rings. The quantitative estimate of drug-likeness (QED) is 0.459. The summed E-state index contributed by atoms with van der Waals surface area (Å²) in [5, 5.41) is 12.9. The van der Waals surface area contributed by atoms with Crippen molar-refractivity contribution in [1.82, 2.24) is 21.3 Å². The Balaban J connectivity index is 1.78. The first-order valence-corrected chi connectivity index (χ1v) is 6.11. The van der Waals surface area contributed by atoms with Crippen molar-refractivity contribution in [3.8, 4) is 0 Å². The van der Waals surface area contributed by atoms with E-state index < -0.39 is 6.29 Å². The third-order valence-electron chi connectivity index (χ3n) is 3.17. The van der Waals surface area contributed by atoms with Gasteiger partial charge in [0, 0.05) is 5.02 Å². The maximum Gasteiger partial charge on any atom is 0.242 e. The molecular weight excluding hydrogens is 254 g/mol. The highest BCUT2D eigenvalue weighted by Crippen LogP contribution is 2.20. The lowest BCUT2D eigenvalue weighted by Gasteiger charge is -2.30. The van der Waals surface area contributed by atoms with E-state index in [1.54, 1.807) is 0 Å². The van der Waals surface area contributed by atoms with Gasteiger partial charge in [0.25, 0.3) is 0 Å². The highest BCUT2D eigenvalue weighted by molar-refractivity contribution is 6.30. The van der Waals surface area contributed by atoms with Gasteiger partial charge in [-0.05, 0) is 17.7 Å². The van der Waals surface area contributed by atoms with Crippen molar-refractivity contribution in [2.24, 2.45) is 5.73 Å². The zero-order valence-electron chi connectivity index (χ0n) is 9.48. The molecule has 6 nitrogen and oxygen atoms in total. The van der Waals surface area contributed by atoms with Crippen LogP contribution in [0.2, 0.25) is 5.02 Å². The number of carbonyl (C=O) groups excluding carboxylic acids is 1. The predicted octanol–water partition coefficient (Wildman–Crippen LogP) is -0.812. The van der Waals surface area contributed by atoms with Gasteiger partial charge in [-0.15, -0.1) is 0 Å². The molecule has 4 atom stereocenters. The molecule has 4 unspecified atom stereocenters. The Morgan fingerprint density at radius 2 is 1.83 bits per heavy atom. The summed E-state index contributed by atoms with van der Waals surface area (Å²) >= 11 is 5.85. The fourth-order valence-corrected chi connectivity index (χ4v) is 2.42. The zero-order valence-corrected chi connectivity index (χ0v) is 10.2. The second-order valence-corrected chi connectivity index (χ2v) is 4.86. The van der Waals surface area contributed by atoms with E-state index in [-0.39, 0.29) is 24.3 Å². The fraction of sp³-hybridized carbons (Fsp3) is 0.364. The number of hydrogen-bond acceptors (Lipinski definition) is 5. The smallest absolute Gasteiger partial charge is 0.242 e. The second-order valence-electron chi connectivity index (χ2n) is 4.43. The molecule has 0 spiro atoms. The van der Waals surface area contributed by atoms with Crippen LogP contribution in [-0.2, 0) is 4.79 Å². The van der Waals surface area contributed by atoms with Crippen LogP contribution in [0.1, 0.15) is 11.7 Å². The van der Waals surface area contributed by atoms with Gasteiger partial charge in [0.1, 0.15) is 12.3 Å². The molecule has 0 aliphatic carbocycles. The molecule has 7 heteroatoms. The van der Waals surface area contributed by atoms with Crippen molar-refractivity contribution in [1.29, 1.82) is 0 Å². The average molecular weight is 268 g/mol. The Morgan fingerprint density at radius 3 is 2.56 bits per heavy atom. The Kier molecular flexibility index (Phi) is 2.96. The molecule has 96 valence electrons. The number of carbonyl (C=O) groups is 1. The summed E-state index contributed by atoms with van der Waals surface area (Å²) in [7, 11) is 0. The van der Waals surface area contributed by atoms with E-state index in [4.69, 9.17) is 17.3 Å². The van der Waals surface area contributed by atoms with Crippen molar-refractivity contribution in [3.05, 3.63) is 34.9 Å². The van der Waals surface area contributed by atoms with Gasteiger partial charge in [-0.1, -0.05) is 23.7 Å². The third-order valence-corrected chi connectivity index (χ3v) is 3.42. The fourth-order valence-electron chi connectivity index (χ4n) is 2.30. The first-order valence-electron chi connectivity index (χ1n) is 5.73.